The number of furan rings is 1. The van der Waals surface area contributed by atoms with Crippen molar-refractivity contribution < 1.29 is 18.9 Å². The van der Waals surface area contributed by atoms with Crippen LogP contribution in [0.25, 0.3) is 0 Å². The fourth-order valence-corrected chi connectivity index (χ4v) is 2.57. The van der Waals surface area contributed by atoms with Gasteiger partial charge in [-0.15, -0.1) is 0 Å². The molecule has 0 unspecified atom stereocenters. The molecular weight excluding hydrogens is 336 g/mol. The van der Waals surface area contributed by atoms with Crippen molar-refractivity contribution in [1.82, 2.24) is 0 Å². The summed E-state index contributed by atoms with van der Waals surface area (Å²) in [4.78, 5) is 25.2. The Kier molecular flexibility index (Phi) is 4.98. The number of hydrogen-bond donors (Lipinski definition) is 0. The maximum Gasteiger partial charge on any atom is 0.311 e. The van der Waals surface area contributed by atoms with Gasteiger partial charge in [-0.25, -0.2) is 0 Å². The second kappa shape index (κ2) is 7.52. The number of amides is 1. The average molecular weight is 352 g/mol. The molecule has 26 heavy (non-hydrogen) atoms. The number of carbonyl (C=O) groups is 1. The summed E-state index contributed by atoms with van der Waals surface area (Å²) in [5, 5.41) is 11.2. The van der Waals surface area contributed by atoms with Gasteiger partial charge in [-0.2, -0.15) is 0 Å². The van der Waals surface area contributed by atoms with E-state index in [0.29, 0.717) is 11.4 Å². The van der Waals surface area contributed by atoms with Crippen LogP contribution >= 0.6 is 0 Å². The molecule has 0 atom stereocenters. The Morgan fingerprint density at radius 1 is 1.15 bits per heavy atom. The van der Waals surface area contributed by atoms with E-state index in [1.807, 2.05) is 18.2 Å². The van der Waals surface area contributed by atoms with Crippen LogP contribution in [0.3, 0.4) is 0 Å². The summed E-state index contributed by atoms with van der Waals surface area (Å²) in [7, 11) is 1.34. The Morgan fingerprint density at radius 3 is 2.54 bits per heavy atom. The molecule has 2 aromatic carbocycles. The number of nitro groups is 1. The van der Waals surface area contributed by atoms with Crippen molar-refractivity contribution in [2.24, 2.45) is 0 Å². The highest BCUT2D eigenvalue weighted by Gasteiger charge is 2.23. The van der Waals surface area contributed by atoms with Gasteiger partial charge in [0.05, 0.1) is 24.8 Å². The van der Waals surface area contributed by atoms with Crippen molar-refractivity contribution in [2.75, 3.05) is 12.0 Å². The zero-order valence-electron chi connectivity index (χ0n) is 14.0. The number of ether oxygens (including phenoxy) is 1. The van der Waals surface area contributed by atoms with Gasteiger partial charge < -0.3 is 14.1 Å². The first kappa shape index (κ1) is 17.2. The summed E-state index contributed by atoms with van der Waals surface area (Å²) in [5.41, 5.74) is 0.588. The summed E-state index contributed by atoms with van der Waals surface area (Å²) in [6, 6.07) is 16.7. The third-order valence-electron chi connectivity index (χ3n) is 3.83. The third kappa shape index (κ3) is 3.56. The van der Waals surface area contributed by atoms with Crippen molar-refractivity contribution in [3.8, 4) is 5.75 Å². The number of nitro benzene ring substituents is 1. The second-order valence-electron chi connectivity index (χ2n) is 5.45. The lowest BCUT2D eigenvalue weighted by Crippen LogP contribution is -2.30. The molecule has 1 aromatic heterocycles. The molecule has 7 heteroatoms. The van der Waals surface area contributed by atoms with Gasteiger partial charge in [0, 0.05) is 17.3 Å². The largest absolute Gasteiger partial charge is 0.490 e. The molecular formula is C19H16N2O5. The summed E-state index contributed by atoms with van der Waals surface area (Å²) >= 11 is 0. The highest BCUT2D eigenvalue weighted by atomic mass is 16.6. The molecule has 0 saturated carbocycles. The van der Waals surface area contributed by atoms with Gasteiger partial charge in [-0.3, -0.25) is 14.9 Å². The van der Waals surface area contributed by atoms with E-state index >= 15 is 0 Å². The Hall–Kier alpha value is -3.61. The maximum atomic E-state index is 13.1. The van der Waals surface area contributed by atoms with Crippen LogP contribution in [-0.2, 0) is 6.54 Å². The van der Waals surface area contributed by atoms with Crippen LogP contribution < -0.4 is 9.64 Å². The van der Waals surface area contributed by atoms with Crippen molar-refractivity contribution in [3.05, 3.63) is 88.4 Å². The smallest absolute Gasteiger partial charge is 0.311 e. The van der Waals surface area contributed by atoms with Crippen LogP contribution in [0.2, 0.25) is 0 Å². The SMILES string of the molecule is COc1ccc(C(=O)N(Cc2ccco2)c2ccccc2)cc1[N+](=O)[O-]. The number of hydrogen-bond acceptors (Lipinski definition) is 5. The van der Waals surface area contributed by atoms with Crippen LogP contribution in [0.15, 0.2) is 71.3 Å². The monoisotopic (exact) mass is 352 g/mol. The number of anilines is 1. The van der Waals surface area contributed by atoms with Crippen molar-refractivity contribution in [1.29, 1.82) is 0 Å². The van der Waals surface area contributed by atoms with E-state index in [1.165, 1.54) is 36.5 Å². The second-order valence-corrected chi connectivity index (χ2v) is 5.45. The molecule has 132 valence electrons. The van der Waals surface area contributed by atoms with E-state index in [0.717, 1.165) is 0 Å². The van der Waals surface area contributed by atoms with Crippen molar-refractivity contribution in [2.45, 2.75) is 6.54 Å². The fourth-order valence-electron chi connectivity index (χ4n) is 2.57. The first-order valence-electron chi connectivity index (χ1n) is 7.82. The van der Waals surface area contributed by atoms with Gasteiger partial charge in [0.15, 0.2) is 5.75 Å². The fraction of sp³-hybridized carbons (Fsp3) is 0.105. The van der Waals surface area contributed by atoms with Crippen LogP contribution in [0.5, 0.6) is 5.75 Å². The highest BCUT2D eigenvalue weighted by Crippen LogP contribution is 2.29. The summed E-state index contributed by atoms with van der Waals surface area (Å²) < 4.78 is 10.3. The van der Waals surface area contributed by atoms with Crippen LogP contribution in [0.4, 0.5) is 11.4 Å². The predicted molar refractivity (Wildman–Crippen MR) is 95.3 cm³/mol. The number of carbonyl (C=O) groups excluding carboxylic acids is 1. The van der Waals surface area contributed by atoms with Crippen LogP contribution in [0, 0.1) is 10.1 Å². The molecule has 0 fully saturated rings. The summed E-state index contributed by atoms with van der Waals surface area (Å²) in [5.74, 6) is 0.326. The third-order valence-corrected chi connectivity index (χ3v) is 3.83. The lowest BCUT2D eigenvalue weighted by Gasteiger charge is -2.22. The standard InChI is InChI=1S/C19H16N2O5/c1-25-18-10-9-14(12-17(18)21(23)24)19(22)20(13-16-8-5-11-26-16)15-6-3-2-4-7-15/h2-12H,13H2,1H3. The topological polar surface area (TPSA) is 85.8 Å². The van der Waals surface area contributed by atoms with E-state index in [2.05, 4.69) is 0 Å². The van der Waals surface area contributed by atoms with Gasteiger partial charge in [-0.05, 0) is 36.4 Å². The van der Waals surface area contributed by atoms with Gasteiger partial charge in [0.2, 0.25) is 0 Å². The predicted octanol–water partition coefficient (Wildman–Crippen LogP) is 4.04. The zero-order chi connectivity index (χ0) is 18.5. The number of methoxy groups -OCH3 is 1. The molecule has 3 rings (SSSR count). The molecule has 7 nitrogen and oxygen atoms in total. The zero-order valence-corrected chi connectivity index (χ0v) is 14.0. The Labute approximate surface area is 149 Å². The van der Waals surface area contributed by atoms with Crippen molar-refractivity contribution >= 4 is 17.3 Å². The first-order chi connectivity index (χ1) is 12.6. The highest BCUT2D eigenvalue weighted by molar-refractivity contribution is 6.06. The minimum atomic E-state index is -0.574. The Balaban J connectivity index is 2.00. The minimum Gasteiger partial charge on any atom is -0.490 e. The number of para-hydroxylation sites is 1. The summed E-state index contributed by atoms with van der Waals surface area (Å²) in [6.45, 7) is 0.204. The van der Waals surface area contributed by atoms with E-state index in [9.17, 15) is 14.9 Å². The van der Waals surface area contributed by atoms with Crippen molar-refractivity contribution in [3.63, 3.8) is 0 Å². The summed E-state index contributed by atoms with van der Waals surface area (Å²) in [6.07, 6.45) is 1.53. The molecule has 1 amide bonds. The van der Waals surface area contributed by atoms with Gasteiger partial charge >= 0.3 is 5.69 Å². The van der Waals surface area contributed by atoms with Gasteiger partial charge in [-0.1, -0.05) is 18.2 Å². The van der Waals surface area contributed by atoms with Gasteiger partial charge in [0.25, 0.3) is 5.91 Å². The van der Waals surface area contributed by atoms with E-state index < -0.39 is 4.92 Å². The molecule has 0 aliphatic carbocycles. The number of rotatable bonds is 6. The maximum absolute atomic E-state index is 13.1. The number of benzene rings is 2. The molecule has 0 radical (unpaired) electrons. The Morgan fingerprint density at radius 2 is 1.92 bits per heavy atom. The molecule has 1 heterocycles. The van der Waals surface area contributed by atoms with Crippen LogP contribution in [-0.4, -0.2) is 17.9 Å². The molecule has 0 N–H and O–H groups in total. The molecule has 0 aliphatic rings. The van der Waals surface area contributed by atoms with Gasteiger partial charge in [0.1, 0.15) is 5.76 Å². The van der Waals surface area contributed by atoms with E-state index in [-0.39, 0.29) is 29.5 Å². The quantitative estimate of drug-likeness (QED) is 0.493. The van der Waals surface area contributed by atoms with E-state index in [1.54, 1.807) is 24.3 Å². The molecule has 3 aromatic rings. The molecule has 0 aliphatic heterocycles. The molecule has 0 spiro atoms. The molecule has 0 bridgehead atoms. The number of nitrogens with zero attached hydrogens (tertiary/aromatic N) is 2. The van der Waals surface area contributed by atoms with Crippen LogP contribution in [0.1, 0.15) is 16.1 Å². The lowest BCUT2D eigenvalue weighted by molar-refractivity contribution is -0.385. The lowest BCUT2D eigenvalue weighted by atomic mass is 10.1. The Bertz CT molecular complexity index is 907. The van der Waals surface area contributed by atoms with E-state index in [4.69, 9.17) is 9.15 Å². The normalized spacial score (nSPS) is 10.3. The molecule has 0 saturated heterocycles. The average Bonchev–Trinajstić information content (AvgIpc) is 3.19. The minimum absolute atomic E-state index is 0.101. The first-order valence-corrected chi connectivity index (χ1v) is 7.82.